The maximum atomic E-state index is 12.8. The van der Waals surface area contributed by atoms with Crippen molar-refractivity contribution in [2.45, 2.75) is 38.5 Å². The monoisotopic (exact) mass is 372 g/mol. The van der Waals surface area contributed by atoms with Crippen LogP contribution in [0.1, 0.15) is 39.9 Å². The average Bonchev–Trinajstić information content (AvgIpc) is 3.07. The highest BCUT2D eigenvalue weighted by molar-refractivity contribution is 7.92. The van der Waals surface area contributed by atoms with Crippen LogP contribution in [0.5, 0.6) is 0 Å². The third-order valence-corrected chi connectivity index (χ3v) is 6.00. The zero-order valence-electron chi connectivity index (χ0n) is 15.4. The highest BCUT2D eigenvalue weighted by Crippen LogP contribution is 2.23. The van der Waals surface area contributed by atoms with E-state index in [0.29, 0.717) is 11.3 Å². The van der Waals surface area contributed by atoms with E-state index in [1.165, 1.54) is 6.07 Å². The Kier molecular flexibility index (Phi) is 5.05. The Morgan fingerprint density at radius 3 is 2.19 bits per heavy atom. The van der Waals surface area contributed by atoms with Crippen molar-refractivity contribution in [3.8, 4) is 0 Å². The molecule has 1 heterocycles. The third-order valence-electron chi connectivity index (χ3n) is 4.62. The van der Waals surface area contributed by atoms with Crippen molar-refractivity contribution in [3.05, 3.63) is 58.7 Å². The first-order chi connectivity index (χ1) is 12.3. The van der Waals surface area contributed by atoms with Gasteiger partial charge < -0.3 is 4.90 Å². The first kappa shape index (κ1) is 18.5. The number of carbonyl (C=O) groups excluding carboxylic acids is 1. The first-order valence-corrected chi connectivity index (χ1v) is 10.3. The molecule has 1 N–H and O–H groups in total. The minimum Gasteiger partial charge on any atom is -0.339 e. The standard InChI is InChI=1S/C20H24N2O3S/c1-14-10-15(2)12-17(11-14)21-26(24,25)18-7-6-16(3)19(13-18)20(23)22-8-4-5-9-22/h6-7,10-13,21H,4-5,8-9H2,1-3H3. The molecule has 2 aromatic rings. The smallest absolute Gasteiger partial charge is 0.261 e. The number of hydrogen-bond acceptors (Lipinski definition) is 3. The summed E-state index contributed by atoms with van der Waals surface area (Å²) in [4.78, 5) is 14.6. The highest BCUT2D eigenvalue weighted by Gasteiger charge is 2.23. The number of rotatable bonds is 4. The predicted octanol–water partition coefficient (Wildman–Crippen LogP) is 3.65. The Bertz CT molecular complexity index is 925. The van der Waals surface area contributed by atoms with E-state index < -0.39 is 10.0 Å². The number of likely N-dealkylation sites (tertiary alicyclic amines) is 1. The van der Waals surface area contributed by atoms with Gasteiger partial charge in [0.25, 0.3) is 15.9 Å². The van der Waals surface area contributed by atoms with Gasteiger partial charge in [0.15, 0.2) is 0 Å². The quantitative estimate of drug-likeness (QED) is 0.891. The largest absolute Gasteiger partial charge is 0.339 e. The third kappa shape index (κ3) is 3.90. The second-order valence-corrected chi connectivity index (χ2v) is 8.64. The maximum absolute atomic E-state index is 12.8. The molecule has 0 radical (unpaired) electrons. The minimum atomic E-state index is -3.76. The minimum absolute atomic E-state index is 0.0940. The van der Waals surface area contributed by atoms with Crippen LogP contribution in [0, 0.1) is 20.8 Å². The molecule has 0 atom stereocenters. The van der Waals surface area contributed by atoms with Crippen LogP contribution in [0.15, 0.2) is 41.3 Å². The van der Waals surface area contributed by atoms with E-state index >= 15 is 0 Å². The summed E-state index contributed by atoms with van der Waals surface area (Å²) in [6, 6.07) is 10.3. The molecule has 1 saturated heterocycles. The molecule has 0 saturated carbocycles. The molecule has 1 amide bonds. The molecule has 3 rings (SSSR count). The molecule has 0 aliphatic carbocycles. The van der Waals surface area contributed by atoms with Gasteiger partial charge in [-0.05, 0) is 74.6 Å². The second-order valence-electron chi connectivity index (χ2n) is 6.96. The van der Waals surface area contributed by atoms with Gasteiger partial charge in [-0.15, -0.1) is 0 Å². The van der Waals surface area contributed by atoms with E-state index in [-0.39, 0.29) is 10.8 Å². The van der Waals surface area contributed by atoms with Crippen molar-refractivity contribution in [1.29, 1.82) is 0 Å². The van der Waals surface area contributed by atoms with Crippen LogP contribution in [-0.2, 0) is 10.0 Å². The normalized spacial score (nSPS) is 14.5. The first-order valence-electron chi connectivity index (χ1n) is 8.77. The lowest BCUT2D eigenvalue weighted by Gasteiger charge is -2.17. The van der Waals surface area contributed by atoms with Crippen LogP contribution in [0.4, 0.5) is 5.69 Å². The molecule has 26 heavy (non-hydrogen) atoms. The van der Waals surface area contributed by atoms with Gasteiger partial charge in [0.1, 0.15) is 0 Å². The Labute approximate surface area is 155 Å². The van der Waals surface area contributed by atoms with Crippen LogP contribution < -0.4 is 4.72 Å². The summed E-state index contributed by atoms with van der Waals surface area (Å²) in [5, 5.41) is 0. The van der Waals surface area contributed by atoms with Crippen LogP contribution in [-0.4, -0.2) is 32.3 Å². The van der Waals surface area contributed by atoms with E-state index in [2.05, 4.69) is 4.72 Å². The number of sulfonamides is 1. The van der Waals surface area contributed by atoms with Crippen molar-refractivity contribution in [2.75, 3.05) is 17.8 Å². The molecule has 6 heteroatoms. The number of hydrogen-bond donors (Lipinski definition) is 1. The number of anilines is 1. The fraction of sp³-hybridized carbons (Fsp3) is 0.350. The van der Waals surface area contributed by atoms with Gasteiger partial charge in [0.2, 0.25) is 0 Å². The fourth-order valence-corrected chi connectivity index (χ4v) is 4.40. The Hall–Kier alpha value is -2.34. The molecule has 5 nitrogen and oxygen atoms in total. The maximum Gasteiger partial charge on any atom is 0.261 e. The van der Waals surface area contributed by atoms with E-state index in [1.54, 1.807) is 29.2 Å². The van der Waals surface area contributed by atoms with Gasteiger partial charge in [-0.2, -0.15) is 0 Å². The summed E-state index contributed by atoms with van der Waals surface area (Å²) in [5.41, 5.74) is 3.73. The van der Waals surface area contributed by atoms with Gasteiger partial charge >= 0.3 is 0 Å². The lowest BCUT2D eigenvalue weighted by atomic mass is 10.1. The van der Waals surface area contributed by atoms with E-state index in [0.717, 1.165) is 42.6 Å². The van der Waals surface area contributed by atoms with Crippen molar-refractivity contribution in [3.63, 3.8) is 0 Å². The summed E-state index contributed by atoms with van der Waals surface area (Å²) >= 11 is 0. The molecular formula is C20H24N2O3S. The molecule has 138 valence electrons. The molecule has 1 aliphatic heterocycles. The molecule has 1 aliphatic rings. The lowest BCUT2D eigenvalue weighted by molar-refractivity contribution is 0.0792. The van der Waals surface area contributed by atoms with Crippen LogP contribution >= 0.6 is 0 Å². The van der Waals surface area contributed by atoms with Gasteiger partial charge in [-0.3, -0.25) is 9.52 Å². The summed E-state index contributed by atoms with van der Waals surface area (Å²) in [6.07, 6.45) is 1.99. The Morgan fingerprint density at radius 2 is 1.58 bits per heavy atom. The van der Waals surface area contributed by atoms with Crippen molar-refractivity contribution < 1.29 is 13.2 Å². The van der Waals surface area contributed by atoms with Gasteiger partial charge in [-0.1, -0.05) is 12.1 Å². The molecule has 0 aromatic heterocycles. The van der Waals surface area contributed by atoms with Gasteiger partial charge in [-0.25, -0.2) is 8.42 Å². The van der Waals surface area contributed by atoms with Crippen molar-refractivity contribution in [1.82, 2.24) is 4.90 Å². The van der Waals surface area contributed by atoms with Crippen LogP contribution in [0.2, 0.25) is 0 Å². The van der Waals surface area contributed by atoms with E-state index in [1.807, 2.05) is 26.8 Å². The van der Waals surface area contributed by atoms with Crippen molar-refractivity contribution >= 4 is 21.6 Å². The summed E-state index contributed by atoms with van der Waals surface area (Å²) in [7, 11) is -3.76. The topological polar surface area (TPSA) is 66.5 Å². The zero-order chi connectivity index (χ0) is 18.9. The summed E-state index contributed by atoms with van der Waals surface area (Å²) in [6.45, 7) is 7.14. The fourth-order valence-electron chi connectivity index (χ4n) is 3.34. The van der Waals surface area contributed by atoms with Crippen molar-refractivity contribution in [2.24, 2.45) is 0 Å². The molecule has 0 spiro atoms. The number of nitrogens with one attached hydrogen (secondary N) is 1. The molecule has 0 unspecified atom stereocenters. The van der Waals surface area contributed by atoms with E-state index in [4.69, 9.17) is 0 Å². The van der Waals surface area contributed by atoms with Crippen LogP contribution in [0.3, 0.4) is 0 Å². The summed E-state index contributed by atoms with van der Waals surface area (Å²) < 4.78 is 28.2. The summed E-state index contributed by atoms with van der Waals surface area (Å²) in [5.74, 6) is -0.0940. The van der Waals surface area contributed by atoms with Gasteiger partial charge in [0.05, 0.1) is 4.90 Å². The average molecular weight is 372 g/mol. The number of aryl methyl sites for hydroxylation is 3. The highest BCUT2D eigenvalue weighted by atomic mass is 32.2. The van der Waals surface area contributed by atoms with Crippen LogP contribution in [0.25, 0.3) is 0 Å². The number of nitrogens with zero attached hydrogens (tertiary/aromatic N) is 1. The molecular weight excluding hydrogens is 348 g/mol. The number of amides is 1. The Morgan fingerprint density at radius 1 is 0.962 bits per heavy atom. The lowest BCUT2D eigenvalue weighted by Crippen LogP contribution is -2.28. The second kappa shape index (κ2) is 7.11. The van der Waals surface area contributed by atoms with E-state index in [9.17, 15) is 13.2 Å². The number of carbonyl (C=O) groups is 1. The molecule has 1 fully saturated rings. The molecule has 2 aromatic carbocycles. The zero-order valence-corrected chi connectivity index (χ0v) is 16.2. The predicted molar refractivity (Wildman–Crippen MR) is 103 cm³/mol. The number of benzene rings is 2. The SMILES string of the molecule is Cc1cc(C)cc(NS(=O)(=O)c2ccc(C)c(C(=O)N3CCCC3)c2)c1. The molecule has 0 bridgehead atoms. The van der Waals surface area contributed by atoms with Gasteiger partial charge in [0, 0.05) is 24.3 Å². The Balaban J connectivity index is 1.92.